The molecule has 2 aromatic rings. The van der Waals surface area contributed by atoms with Crippen molar-refractivity contribution in [3.05, 3.63) is 46.7 Å². The van der Waals surface area contributed by atoms with E-state index < -0.39 is 0 Å². The summed E-state index contributed by atoms with van der Waals surface area (Å²) in [6.45, 7) is 6.01. The van der Waals surface area contributed by atoms with Gasteiger partial charge in [0.25, 0.3) is 5.91 Å². The molecule has 3 rings (SSSR count). The van der Waals surface area contributed by atoms with Gasteiger partial charge in [-0.2, -0.15) is 0 Å². The zero-order valence-electron chi connectivity index (χ0n) is 14.0. The highest BCUT2D eigenvalue weighted by Crippen LogP contribution is 2.14. The summed E-state index contributed by atoms with van der Waals surface area (Å²) in [5.41, 5.74) is 0.821. The number of nitrogens with one attached hydrogen (secondary N) is 3. The maximum atomic E-state index is 12.2. The molecular weight excluding hydrogens is 322 g/mol. The third kappa shape index (κ3) is 4.80. The number of quaternary nitrogens is 2. The molecule has 6 heteroatoms. The van der Waals surface area contributed by atoms with Crippen LogP contribution in [0.1, 0.15) is 4.88 Å². The molecule has 0 aliphatic carbocycles. The summed E-state index contributed by atoms with van der Waals surface area (Å²) in [4.78, 5) is 16.6. The molecule has 1 aliphatic heterocycles. The monoisotopic (exact) mass is 347 g/mol. The lowest BCUT2D eigenvalue weighted by Gasteiger charge is -2.29. The zero-order valence-corrected chi connectivity index (χ0v) is 14.8. The summed E-state index contributed by atoms with van der Waals surface area (Å²) < 4.78 is 5.12. The predicted molar refractivity (Wildman–Crippen MR) is 95.9 cm³/mol. The minimum atomic E-state index is 0.0804. The SMILES string of the molecule is COc1ccc(NC(=O)C[NH+]2CC[NH+](Cc3cccs3)CC2)cc1. The third-order valence-electron chi connectivity index (χ3n) is 4.45. The molecule has 3 N–H and O–H groups in total. The van der Waals surface area contributed by atoms with E-state index >= 15 is 0 Å². The van der Waals surface area contributed by atoms with Crippen LogP contribution in [0.5, 0.6) is 5.75 Å². The van der Waals surface area contributed by atoms with Crippen LogP contribution in [0.25, 0.3) is 0 Å². The Bertz CT molecular complexity index is 635. The molecule has 1 amide bonds. The lowest BCUT2D eigenvalue weighted by atomic mass is 10.2. The molecule has 24 heavy (non-hydrogen) atoms. The second-order valence-corrected chi connectivity index (χ2v) is 7.24. The highest BCUT2D eigenvalue weighted by molar-refractivity contribution is 7.09. The van der Waals surface area contributed by atoms with Crippen LogP contribution < -0.4 is 19.9 Å². The summed E-state index contributed by atoms with van der Waals surface area (Å²) >= 11 is 1.83. The van der Waals surface area contributed by atoms with Gasteiger partial charge in [0, 0.05) is 5.69 Å². The Morgan fingerprint density at radius 2 is 1.83 bits per heavy atom. The number of carbonyl (C=O) groups excluding carboxylic acids is 1. The van der Waals surface area contributed by atoms with E-state index in [2.05, 4.69) is 22.8 Å². The first-order valence-electron chi connectivity index (χ1n) is 8.36. The Morgan fingerprint density at radius 3 is 2.46 bits per heavy atom. The summed E-state index contributed by atoms with van der Waals surface area (Å²) in [5.74, 6) is 0.875. The van der Waals surface area contributed by atoms with Gasteiger partial charge in [-0.05, 0) is 35.7 Å². The molecule has 0 unspecified atom stereocenters. The van der Waals surface area contributed by atoms with Gasteiger partial charge in [0.1, 0.15) is 38.5 Å². The standard InChI is InChI=1S/C18H23N3O2S/c1-23-16-6-4-15(5-7-16)19-18(22)14-21-10-8-20(9-11-21)13-17-3-2-12-24-17/h2-7,12H,8-11,13-14H2,1H3,(H,19,22)/p+2. The molecule has 1 aromatic carbocycles. The van der Waals surface area contributed by atoms with Crippen molar-refractivity contribution >= 4 is 22.9 Å². The second-order valence-electron chi connectivity index (χ2n) is 6.21. The Hall–Kier alpha value is -1.89. The molecule has 2 heterocycles. The van der Waals surface area contributed by atoms with Gasteiger partial charge in [-0.1, -0.05) is 6.07 Å². The van der Waals surface area contributed by atoms with E-state index in [1.165, 1.54) is 9.78 Å². The molecule has 0 saturated carbocycles. The molecular formula is C18H25N3O2S+2. The van der Waals surface area contributed by atoms with E-state index in [0.717, 1.165) is 44.2 Å². The van der Waals surface area contributed by atoms with Crippen molar-refractivity contribution in [2.45, 2.75) is 6.54 Å². The maximum absolute atomic E-state index is 12.2. The van der Waals surface area contributed by atoms with E-state index in [1.54, 1.807) is 12.0 Å². The van der Waals surface area contributed by atoms with Crippen molar-refractivity contribution in [1.29, 1.82) is 0 Å². The summed E-state index contributed by atoms with van der Waals surface area (Å²) in [5, 5.41) is 5.11. The first-order chi connectivity index (χ1) is 11.7. The van der Waals surface area contributed by atoms with Crippen molar-refractivity contribution in [2.24, 2.45) is 0 Å². The smallest absolute Gasteiger partial charge is 0.279 e. The largest absolute Gasteiger partial charge is 0.497 e. The first kappa shape index (κ1) is 17.0. The van der Waals surface area contributed by atoms with E-state index in [1.807, 2.05) is 35.6 Å². The second kappa shape index (κ2) is 8.28. The highest BCUT2D eigenvalue weighted by Gasteiger charge is 2.25. The molecule has 0 radical (unpaired) electrons. The Balaban J connectivity index is 1.41. The van der Waals surface area contributed by atoms with Gasteiger partial charge in [-0.15, -0.1) is 11.3 Å². The van der Waals surface area contributed by atoms with Crippen LogP contribution in [0.3, 0.4) is 0 Å². The maximum Gasteiger partial charge on any atom is 0.279 e. The van der Waals surface area contributed by atoms with Crippen molar-refractivity contribution < 1.29 is 19.3 Å². The fraction of sp³-hybridized carbons (Fsp3) is 0.389. The van der Waals surface area contributed by atoms with Gasteiger partial charge < -0.3 is 19.9 Å². The fourth-order valence-corrected chi connectivity index (χ4v) is 3.85. The Kier molecular flexibility index (Phi) is 5.85. The number of amides is 1. The number of benzene rings is 1. The Labute approximate surface area is 146 Å². The van der Waals surface area contributed by atoms with Crippen LogP contribution in [0.2, 0.25) is 0 Å². The van der Waals surface area contributed by atoms with Crippen molar-refractivity contribution in [2.75, 3.05) is 45.2 Å². The molecule has 1 aromatic heterocycles. The van der Waals surface area contributed by atoms with Crippen LogP contribution in [0, 0.1) is 0 Å². The van der Waals surface area contributed by atoms with Crippen molar-refractivity contribution in [1.82, 2.24) is 0 Å². The average Bonchev–Trinajstić information content (AvgIpc) is 3.10. The lowest BCUT2D eigenvalue weighted by molar-refractivity contribution is -1.01. The molecule has 1 fully saturated rings. The fourth-order valence-electron chi connectivity index (χ4n) is 3.08. The molecule has 0 spiro atoms. The molecule has 0 bridgehead atoms. The van der Waals surface area contributed by atoms with Crippen LogP contribution in [-0.2, 0) is 11.3 Å². The van der Waals surface area contributed by atoms with Crippen molar-refractivity contribution in [3.8, 4) is 5.75 Å². The first-order valence-corrected chi connectivity index (χ1v) is 9.24. The normalized spacial score (nSPS) is 20.5. The average molecular weight is 347 g/mol. The van der Waals surface area contributed by atoms with Gasteiger partial charge in [0.05, 0.1) is 12.0 Å². The zero-order chi connectivity index (χ0) is 16.8. The quantitative estimate of drug-likeness (QED) is 0.671. The molecule has 1 aliphatic rings. The number of piperazine rings is 1. The Morgan fingerprint density at radius 1 is 1.12 bits per heavy atom. The summed E-state index contributed by atoms with van der Waals surface area (Å²) in [7, 11) is 1.64. The summed E-state index contributed by atoms with van der Waals surface area (Å²) in [6.07, 6.45) is 0. The molecule has 128 valence electrons. The molecule has 1 saturated heterocycles. The van der Waals surface area contributed by atoms with Gasteiger partial charge in [0.2, 0.25) is 0 Å². The number of ether oxygens (including phenoxy) is 1. The number of hydrogen-bond donors (Lipinski definition) is 3. The van der Waals surface area contributed by atoms with Crippen LogP contribution in [0.15, 0.2) is 41.8 Å². The number of hydrogen-bond acceptors (Lipinski definition) is 3. The van der Waals surface area contributed by atoms with Crippen LogP contribution >= 0.6 is 11.3 Å². The van der Waals surface area contributed by atoms with E-state index in [0.29, 0.717) is 6.54 Å². The van der Waals surface area contributed by atoms with E-state index in [4.69, 9.17) is 4.74 Å². The van der Waals surface area contributed by atoms with Gasteiger partial charge >= 0.3 is 0 Å². The minimum absolute atomic E-state index is 0.0804. The van der Waals surface area contributed by atoms with Gasteiger partial charge in [-0.3, -0.25) is 4.79 Å². The van der Waals surface area contributed by atoms with E-state index in [-0.39, 0.29) is 5.91 Å². The third-order valence-corrected chi connectivity index (χ3v) is 5.33. The number of thiophene rings is 1. The van der Waals surface area contributed by atoms with Crippen molar-refractivity contribution in [3.63, 3.8) is 0 Å². The number of rotatable bonds is 6. The number of anilines is 1. The van der Waals surface area contributed by atoms with E-state index in [9.17, 15) is 4.79 Å². The van der Waals surface area contributed by atoms with Gasteiger partial charge in [-0.25, -0.2) is 0 Å². The summed E-state index contributed by atoms with van der Waals surface area (Å²) in [6, 6.07) is 11.8. The number of methoxy groups -OCH3 is 1. The minimum Gasteiger partial charge on any atom is -0.497 e. The topological polar surface area (TPSA) is 47.2 Å². The molecule has 5 nitrogen and oxygen atoms in total. The van der Waals surface area contributed by atoms with Crippen LogP contribution in [-0.4, -0.2) is 45.7 Å². The molecule has 0 atom stereocenters. The number of carbonyl (C=O) groups is 1. The predicted octanol–water partition coefficient (Wildman–Crippen LogP) is -0.321. The van der Waals surface area contributed by atoms with Crippen LogP contribution in [0.4, 0.5) is 5.69 Å². The highest BCUT2D eigenvalue weighted by atomic mass is 32.1. The lowest BCUT2D eigenvalue weighted by Crippen LogP contribution is -3.28. The van der Waals surface area contributed by atoms with Gasteiger partial charge in [0.15, 0.2) is 6.54 Å².